The van der Waals surface area contributed by atoms with E-state index in [-0.39, 0.29) is 18.6 Å². The lowest BCUT2D eigenvalue weighted by Gasteiger charge is -2.12. The van der Waals surface area contributed by atoms with Gasteiger partial charge in [-0.05, 0) is 18.6 Å². The Balaban J connectivity index is 2.14. The van der Waals surface area contributed by atoms with Crippen LogP contribution in [-0.4, -0.2) is 28.6 Å². The van der Waals surface area contributed by atoms with E-state index in [1.54, 1.807) is 11.4 Å². The molecule has 1 aromatic heterocycles. The van der Waals surface area contributed by atoms with Gasteiger partial charge in [0, 0.05) is 16.0 Å². The summed E-state index contributed by atoms with van der Waals surface area (Å²) in [5, 5.41) is 14.9. The second-order valence-electron chi connectivity index (χ2n) is 4.31. The van der Waals surface area contributed by atoms with Crippen molar-refractivity contribution < 1.29 is 9.90 Å². The number of halogens is 1. The molecule has 2 aromatic rings. The average molecular weight is 311 g/mol. The molecule has 1 amide bonds. The van der Waals surface area contributed by atoms with Crippen molar-refractivity contribution >= 4 is 28.8 Å². The molecule has 2 N–H and O–H groups in total. The van der Waals surface area contributed by atoms with Gasteiger partial charge < -0.3 is 10.4 Å². The van der Waals surface area contributed by atoms with Crippen molar-refractivity contribution in [3.05, 3.63) is 40.4 Å². The summed E-state index contributed by atoms with van der Waals surface area (Å²) in [5.74, 6) is -0.268. The third-order valence-electron chi connectivity index (χ3n) is 2.86. The van der Waals surface area contributed by atoms with Crippen LogP contribution in [0.2, 0.25) is 5.02 Å². The van der Waals surface area contributed by atoms with E-state index in [2.05, 4.69) is 10.3 Å². The Bertz CT molecular complexity index is 596. The average Bonchev–Trinajstić information content (AvgIpc) is 2.94. The molecule has 0 aliphatic rings. The van der Waals surface area contributed by atoms with E-state index in [1.165, 1.54) is 11.3 Å². The molecule has 0 saturated carbocycles. The van der Waals surface area contributed by atoms with E-state index in [0.29, 0.717) is 17.1 Å². The minimum absolute atomic E-state index is 0.0759. The lowest BCUT2D eigenvalue weighted by molar-refractivity contribution is 0.0910. The van der Waals surface area contributed by atoms with Crippen molar-refractivity contribution in [3.8, 4) is 10.6 Å². The summed E-state index contributed by atoms with van der Waals surface area (Å²) < 4.78 is 0. The van der Waals surface area contributed by atoms with Crippen molar-refractivity contribution in [3.63, 3.8) is 0 Å². The van der Waals surface area contributed by atoms with Crippen LogP contribution in [0.15, 0.2) is 29.6 Å². The van der Waals surface area contributed by atoms with Crippen molar-refractivity contribution in [2.45, 2.75) is 19.4 Å². The van der Waals surface area contributed by atoms with Gasteiger partial charge in [0.1, 0.15) is 10.7 Å². The molecule has 6 heteroatoms. The highest BCUT2D eigenvalue weighted by molar-refractivity contribution is 7.13. The van der Waals surface area contributed by atoms with Crippen molar-refractivity contribution in [1.29, 1.82) is 0 Å². The number of aromatic nitrogens is 1. The van der Waals surface area contributed by atoms with Crippen LogP contribution in [0.4, 0.5) is 0 Å². The third kappa shape index (κ3) is 3.56. The summed E-state index contributed by atoms with van der Waals surface area (Å²) in [6, 6.07) is 7.11. The molecule has 0 bridgehead atoms. The summed E-state index contributed by atoms with van der Waals surface area (Å²) in [6.07, 6.45) is 0.674. The highest BCUT2D eigenvalue weighted by Gasteiger charge is 2.15. The zero-order valence-corrected chi connectivity index (χ0v) is 12.5. The topological polar surface area (TPSA) is 62.2 Å². The molecule has 0 spiro atoms. The number of amides is 1. The van der Waals surface area contributed by atoms with E-state index in [9.17, 15) is 4.79 Å². The Hall–Kier alpha value is -1.43. The fraction of sp³-hybridized carbons (Fsp3) is 0.286. The number of hydrogen-bond acceptors (Lipinski definition) is 4. The van der Waals surface area contributed by atoms with Gasteiger partial charge in [0.15, 0.2) is 0 Å². The molecule has 0 aliphatic carbocycles. The Labute approximate surface area is 126 Å². The summed E-state index contributed by atoms with van der Waals surface area (Å²) in [5.41, 5.74) is 1.24. The van der Waals surface area contributed by atoms with Crippen LogP contribution in [0.5, 0.6) is 0 Å². The van der Waals surface area contributed by atoms with Crippen LogP contribution < -0.4 is 5.32 Å². The van der Waals surface area contributed by atoms with Crippen LogP contribution in [0.3, 0.4) is 0 Å². The molecule has 0 fully saturated rings. The second-order valence-corrected chi connectivity index (χ2v) is 5.60. The molecule has 0 radical (unpaired) electrons. The largest absolute Gasteiger partial charge is 0.394 e. The highest BCUT2D eigenvalue weighted by atomic mass is 35.5. The lowest BCUT2D eigenvalue weighted by Crippen LogP contribution is -2.37. The summed E-state index contributed by atoms with van der Waals surface area (Å²) in [7, 11) is 0. The molecule has 4 nitrogen and oxygen atoms in total. The quantitative estimate of drug-likeness (QED) is 0.892. The molecule has 106 valence electrons. The first-order valence-electron chi connectivity index (χ1n) is 6.27. The number of rotatable bonds is 5. The first kappa shape index (κ1) is 15.0. The van der Waals surface area contributed by atoms with Gasteiger partial charge in [-0.1, -0.05) is 30.7 Å². The predicted molar refractivity (Wildman–Crippen MR) is 81.2 cm³/mol. The number of aliphatic hydroxyl groups excluding tert-OH is 1. The van der Waals surface area contributed by atoms with Crippen LogP contribution in [0, 0.1) is 0 Å². The number of nitrogens with one attached hydrogen (secondary N) is 1. The summed E-state index contributed by atoms with van der Waals surface area (Å²) in [4.78, 5) is 16.3. The second kappa shape index (κ2) is 6.83. The van der Waals surface area contributed by atoms with Gasteiger partial charge in [0.2, 0.25) is 0 Å². The van der Waals surface area contributed by atoms with Gasteiger partial charge in [0.25, 0.3) is 5.91 Å². The molecule has 2 rings (SSSR count). The monoisotopic (exact) mass is 310 g/mol. The Morgan fingerprint density at radius 2 is 2.35 bits per heavy atom. The van der Waals surface area contributed by atoms with Crippen LogP contribution in [-0.2, 0) is 0 Å². The zero-order valence-electron chi connectivity index (χ0n) is 11.0. The van der Waals surface area contributed by atoms with Crippen LogP contribution in [0.1, 0.15) is 23.8 Å². The molecule has 20 heavy (non-hydrogen) atoms. The molecule has 1 unspecified atom stereocenters. The number of aliphatic hydroxyl groups is 1. The highest BCUT2D eigenvalue weighted by Crippen LogP contribution is 2.25. The molecule has 1 atom stereocenters. The number of hydrogen-bond donors (Lipinski definition) is 2. The molecular formula is C14H15ClN2O2S. The van der Waals surface area contributed by atoms with Gasteiger partial charge in [0.05, 0.1) is 12.6 Å². The zero-order chi connectivity index (χ0) is 14.5. The Morgan fingerprint density at radius 1 is 1.55 bits per heavy atom. The predicted octanol–water partition coefficient (Wildman–Crippen LogP) is 2.96. The molecular weight excluding hydrogens is 296 g/mol. The molecule has 1 heterocycles. The maximum Gasteiger partial charge on any atom is 0.271 e. The maximum atomic E-state index is 12.0. The fourth-order valence-electron chi connectivity index (χ4n) is 1.67. The SMILES string of the molecule is CCC(CO)NC(=O)c1csc(-c2cccc(Cl)c2)n1. The number of carbonyl (C=O) groups is 1. The lowest BCUT2D eigenvalue weighted by atomic mass is 10.2. The maximum absolute atomic E-state index is 12.0. The number of nitrogens with zero attached hydrogens (tertiary/aromatic N) is 1. The first-order valence-corrected chi connectivity index (χ1v) is 7.53. The smallest absolute Gasteiger partial charge is 0.271 e. The number of carbonyl (C=O) groups excluding carboxylic acids is 1. The van der Waals surface area contributed by atoms with Gasteiger partial charge in [-0.2, -0.15) is 0 Å². The van der Waals surface area contributed by atoms with Gasteiger partial charge >= 0.3 is 0 Å². The fourth-order valence-corrected chi connectivity index (χ4v) is 2.66. The van der Waals surface area contributed by atoms with Crippen molar-refractivity contribution in [1.82, 2.24) is 10.3 Å². The summed E-state index contributed by atoms with van der Waals surface area (Å²) in [6.45, 7) is 1.83. The number of thiazole rings is 1. The van der Waals surface area contributed by atoms with Crippen LogP contribution in [0.25, 0.3) is 10.6 Å². The number of benzene rings is 1. The molecule has 1 aromatic carbocycles. The third-order valence-corrected chi connectivity index (χ3v) is 3.98. The van der Waals surface area contributed by atoms with Crippen molar-refractivity contribution in [2.24, 2.45) is 0 Å². The van der Waals surface area contributed by atoms with Gasteiger partial charge in [-0.3, -0.25) is 4.79 Å². The van der Waals surface area contributed by atoms with E-state index in [4.69, 9.17) is 16.7 Å². The first-order chi connectivity index (χ1) is 9.63. The Morgan fingerprint density at radius 3 is 3.00 bits per heavy atom. The van der Waals surface area contributed by atoms with Crippen LogP contribution >= 0.6 is 22.9 Å². The Kier molecular flexibility index (Phi) is 5.11. The minimum Gasteiger partial charge on any atom is -0.394 e. The van der Waals surface area contributed by atoms with Gasteiger partial charge in [-0.15, -0.1) is 11.3 Å². The molecule has 0 saturated heterocycles. The van der Waals surface area contributed by atoms with E-state index < -0.39 is 0 Å². The normalized spacial score (nSPS) is 12.2. The summed E-state index contributed by atoms with van der Waals surface area (Å²) >= 11 is 7.33. The minimum atomic E-state index is -0.268. The van der Waals surface area contributed by atoms with E-state index in [0.717, 1.165) is 10.6 Å². The van der Waals surface area contributed by atoms with Gasteiger partial charge in [-0.25, -0.2) is 4.98 Å². The van der Waals surface area contributed by atoms with E-state index >= 15 is 0 Å². The standard InChI is InChI=1S/C14H15ClN2O2S/c1-2-11(7-18)16-13(19)12-8-20-14(17-12)9-4-3-5-10(15)6-9/h3-6,8,11,18H,2,7H2,1H3,(H,16,19). The molecule has 0 aliphatic heterocycles. The van der Waals surface area contributed by atoms with Crippen molar-refractivity contribution in [2.75, 3.05) is 6.61 Å². The van der Waals surface area contributed by atoms with E-state index in [1.807, 2.05) is 25.1 Å².